The summed E-state index contributed by atoms with van der Waals surface area (Å²) < 4.78 is 5.26. The summed E-state index contributed by atoms with van der Waals surface area (Å²) >= 11 is 0. The molecule has 0 aliphatic rings. The minimum atomic E-state index is -0.0648. The van der Waals surface area contributed by atoms with E-state index < -0.39 is 0 Å². The Morgan fingerprint density at radius 2 is 1.52 bits per heavy atom. The molecule has 0 aromatic carbocycles. The third kappa shape index (κ3) is 16.9. The molecule has 0 heterocycles. The molecular weight excluding hydrogens is 284 g/mol. The Hall–Kier alpha value is -1.31. The second-order valence-electron chi connectivity index (χ2n) is 6.50. The van der Waals surface area contributed by atoms with Crippen molar-refractivity contribution in [2.75, 3.05) is 6.61 Å². The van der Waals surface area contributed by atoms with Gasteiger partial charge in [-0.15, -0.1) is 6.58 Å². The molecule has 0 amide bonds. The van der Waals surface area contributed by atoms with Crippen LogP contribution in [0.15, 0.2) is 36.0 Å². The van der Waals surface area contributed by atoms with Crippen LogP contribution in [0.1, 0.15) is 85.0 Å². The Kier molecular flexibility index (Phi) is 14.7. The molecule has 23 heavy (non-hydrogen) atoms. The van der Waals surface area contributed by atoms with Crippen molar-refractivity contribution in [2.45, 2.75) is 85.0 Å². The quantitative estimate of drug-likeness (QED) is 0.207. The predicted molar refractivity (Wildman–Crippen MR) is 101 cm³/mol. The fourth-order valence-electron chi connectivity index (χ4n) is 2.30. The van der Waals surface area contributed by atoms with Crippen molar-refractivity contribution in [2.24, 2.45) is 0 Å². The lowest BCUT2D eigenvalue weighted by atomic mass is 10.1. The van der Waals surface area contributed by atoms with Gasteiger partial charge in [0, 0.05) is 6.42 Å². The number of hydrogen-bond acceptors (Lipinski definition) is 2. The van der Waals surface area contributed by atoms with E-state index in [2.05, 4.69) is 33.4 Å². The van der Waals surface area contributed by atoms with Gasteiger partial charge in [0.15, 0.2) is 0 Å². The molecule has 0 unspecified atom stereocenters. The molecule has 0 atom stereocenters. The monoisotopic (exact) mass is 320 g/mol. The molecule has 0 N–H and O–H groups in total. The van der Waals surface area contributed by atoms with Crippen molar-refractivity contribution in [3.05, 3.63) is 36.0 Å². The van der Waals surface area contributed by atoms with Gasteiger partial charge in [0.1, 0.15) is 6.61 Å². The van der Waals surface area contributed by atoms with Gasteiger partial charge in [0.2, 0.25) is 0 Å². The van der Waals surface area contributed by atoms with Gasteiger partial charge in [-0.05, 0) is 59.0 Å². The summed E-state index contributed by atoms with van der Waals surface area (Å²) in [5.74, 6) is -0.0648. The molecule has 132 valence electrons. The van der Waals surface area contributed by atoms with E-state index in [-0.39, 0.29) is 5.97 Å². The number of rotatable bonds is 14. The highest BCUT2D eigenvalue weighted by Gasteiger charge is 2.01. The van der Waals surface area contributed by atoms with E-state index in [0.717, 1.165) is 32.1 Å². The van der Waals surface area contributed by atoms with Crippen molar-refractivity contribution in [3.63, 3.8) is 0 Å². The topological polar surface area (TPSA) is 26.3 Å². The van der Waals surface area contributed by atoms with E-state index in [1.165, 1.54) is 36.8 Å². The molecule has 2 heteroatoms. The van der Waals surface area contributed by atoms with Gasteiger partial charge in [-0.3, -0.25) is 4.79 Å². The van der Waals surface area contributed by atoms with Gasteiger partial charge in [-0.25, -0.2) is 0 Å². The molecule has 0 aromatic rings. The first-order chi connectivity index (χ1) is 11.1. The van der Waals surface area contributed by atoms with E-state index in [1.54, 1.807) is 0 Å². The van der Waals surface area contributed by atoms with Gasteiger partial charge in [0.05, 0.1) is 0 Å². The molecule has 0 rings (SSSR count). The fourth-order valence-corrected chi connectivity index (χ4v) is 2.30. The Labute approximate surface area is 143 Å². The number of allylic oxidation sites excluding steroid dienone is 4. The van der Waals surface area contributed by atoms with Crippen LogP contribution in [0.25, 0.3) is 0 Å². The molecule has 0 saturated carbocycles. The van der Waals surface area contributed by atoms with Crippen LogP contribution in [0, 0.1) is 0 Å². The molecule has 0 aliphatic carbocycles. The van der Waals surface area contributed by atoms with Crippen LogP contribution in [-0.4, -0.2) is 12.6 Å². The van der Waals surface area contributed by atoms with Gasteiger partial charge in [0.25, 0.3) is 0 Å². The van der Waals surface area contributed by atoms with Crippen molar-refractivity contribution in [1.82, 2.24) is 0 Å². The zero-order valence-corrected chi connectivity index (χ0v) is 15.5. The molecular formula is C21H36O2. The average molecular weight is 321 g/mol. The van der Waals surface area contributed by atoms with E-state index in [0.29, 0.717) is 13.0 Å². The average Bonchev–Trinajstić information content (AvgIpc) is 2.49. The zero-order valence-electron chi connectivity index (χ0n) is 15.5. The number of hydrogen-bond donors (Lipinski definition) is 0. The number of carbonyl (C=O) groups excluding carboxylic acids is 1. The van der Waals surface area contributed by atoms with Crippen molar-refractivity contribution in [3.8, 4) is 0 Å². The number of carbonyl (C=O) groups is 1. The van der Waals surface area contributed by atoms with Crippen LogP contribution >= 0.6 is 0 Å². The summed E-state index contributed by atoms with van der Waals surface area (Å²) in [6, 6.07) is 0. The Balaban J connectivity index is 3.52. The van der Waals surface area contributed by atoms with Crippen molar-refractivity contribution >= 4 is 5.97 Å². The predicted octanol–water partition coefficient (Wildman–Crippen LogP) is 6.53. The van der Waals surface area contributed by atoms with Crippen LogP contribution < -0.4 is 0 Å². The lowest BCUT2D eigenvalue weighted by molar-refractivity contribution is -0.142. The first-order valence-corrected chi connectivity index (χ1v) is 9.11. The van der Waals surface area contributed by atoms with E-state index in [9.17, 15) is 4.79 Å². The van der Waals surface area contributed by atoms with Crippen LogP contribution in [0.2, 0.25) is 0 Å². The molecule has 0 spiro atoms. The summed E-state index contributed by atoms with van der Waals surface area (Å²) in [5, 5.41) is 0. The van der Waals surface area contributed by atoms with Crippen LogP contribution in [-0.2, 0) is 9.53 Å². The zero-order chi connectivity index (χ0) is 17.3. The van der Waals surface area contributed by atoms with Gasteiger partial charge < -0.3 is 4.74 Å². The number of unbranched alkanes of at least 4 members (excludes halogenated alkanes) is 6. The standard InChI is InChI=1S/C21H36O2/c1-5-6-7-8-9-10-11-12-16-21(22)23-18-17-20(4)15-13-14-19(2)3/h5,14,17H,1,6-13,15-16,18H2,2-4H3. The SMILES string of the molecule is C=CCCCCCCCCC(=O)OCC=C(C)CCC=C(C)C. The second kappa shape index (κ2) is 15.6. The molecule has 0 radical (unpaired) electrons. The molecule has 0 saturated heterocycles. The molecule has 0 bridgehead atoms. The van der Waals surface area contributed by atoms with E-state index in [4.69, 9.17) is 4.74 Å². The highest BCUT2D eigenvalue weighted by atomic mass is 16.5. The molecule has 2 nitrogen and oxygen atoms in total. The summed E-state index contributed by atoms with van der Waals surface area (Å²) in [5.41, 5.74) is 2.64. The second-order valence-corrected chi connectivity index (χ2v) is 6.50. The lowest BCUT2D eigenvalue weighted by Gasteiger charge is -2.04. The first kappa shape index (κ1) is 21.7. The van der Waals surface area contributed by atoms with Crippen molar-refractivity contribution in [1.29, 1.82) is 0 Å². The largest absolute Gasteiger partial charge is 0.461 e. The maximum Gasteiger partial charge on any atom is 0.306 e. The summed E-state index contributed by atoms with van der Waals surface area (Å²) in [6.45, 7) is 10.5. The highest BCUT2D eigenvalue weighted by Crippen LogP contribution is 2.10. The maximum absolute atomic E-state index is 11.6. The minimum Gasteiger partial charge on any atom is -0.461 e. The smallest absolute Gasteiger partial charge is 0.306 e. The Morgan fingerprint density at radius 1 is 0.870 bits per heavy atom. The minimum absolute atomic E-state index is 0.0648. The summed E-state index contributed by atoms with van der Waals surface area (Å²) in [7, 11) is 0. The van der Waals surface area contributed by atoms with E-state index in [1.807, 2.05) is 12.2 Å². The maximum atomic E-state index is 11.6. The summed E-state index contributed by atoms with van der Waals surface area (Å²) in [6.07, 6.45) is 17.1. The third-order valence-corrected chi connectivity index (χ3v) is 3.81. The lowest BCUT2D eigenvalue weighted by Crippen LogP contribution is -2.04. The first-order valence-electron chi connectivity index (χ1n) is 9.11. The highest BCUT2D eigenvalue weighted by molar-refractivity contribution is 5.69. The Morgan fingerprint density at radius 3 is 2.17 bits per heavy atom. The van der Waals surface area contributed by atoms with E-state index >= 15 is 0 Å². The molecule has 0 fully saturated rings. The van der Waals surface area contributed by atoms with Crippen LogP contribution in [0.4, 0.5) is 0 Å². The molecule has 0 aromatic heterocycles. The number of esters is 1. The van der Waals surface area contributed by atoms with Crippen molar-refractivity contribution < 1.29 is 9.53 Å². The third-order valence-electron chi connectivity index (χ3n) is 3.81. The summed E-state index contributed by atoms with van der Waals surface area (Å²) in [4.78, 5) is 11.6. The normalized spacial score (nSPS) is 11.2. The fraction of sp³-hybridized carbons (Fsp3) is 0.667. The van der Waals surface area contributed by atoms with Gasteiger partial charge >= 0.3 is 5.97 Å². The van der Waals surface area contributed by atoms with Gasteiger partial charge in [-0.2, -0.15) is 0 Å². The molecule has 0 aliphatic heterocycles. The van der Waals surface area contributed by atoms with Gasteiger partial charge in [-0.1, -0.05) is 49.0 Å². The van der Waals surface area contributed by atoms with Crippen LogP contribution in [0.5, 0.6) is 0 Å². The van der Waals surface area contributed by atoms with Crippen LogP contribution in [0.3, 0.4) is 0 Å². The Bertz CT molecular complexity index is 373. The number of ether oxygens (including phenoxy) is 1.